The average molecular weight is 536 g/mol. The van der Waals surface area contributed by atoms with Crippen LogP contribution in [-0.2, 0) is 11.3 Å². The van der Waals surface area contributed by atoms with Crippen LogP contribution < -0.4 is 20.9 Å². The van der Waals surface area contributed by atoms with E-state index in [-0.39, 0.29) is 29.9 Å². The molecule has 31 heavy (non-hydrogen) atoms. The summed E-state index contributed by atoms with van der Waals surface area (Å²) < 4.78 is 0. The van der Waals surface area contributed by atoms with Crippen molar-refractivity contribution in [3.8, 4) is 0 Å². The van der Waals surface area contributed by atoms with Crippen LogP contribution in [0, 0.1) is 0 Å². The molecule has 3 rings (SSSR count). The zero-order valence-corrected chi connectivity index (χ0v) is 20.8. The number of nitrogens with one attached hydrogen (secondary N) is 3. The summed E-state index contributed by atoms with van der Waals surface area (Å²) in [7, 11) is 5.54. The summed E-state index contributed by atoms with van der Waals surface area (Å²) in [6.07, 6.45) is 1.07. The maximum absolute atomic E-state index is 12.0. The summed E-state index contributed by atoms with van der Waals surface area (Å²) in [5, 5.41) is 9.84. The number of benzene rings is 2. The number of carbonyl (C=O) groups is 1. The number of hydrogen-bond acceptors (Lipinski definition) is 4. The summed E-state index contributed by atoms with van der Waals surface area (Å²) in [4.78, 5) is 20.6. The van der Waals surface area contributed by atoms with Gasteiger partial charge in [0.1, 0.15) is 0 Å². The topological polar surface area (TPSA) is 72.0 Å². The molecule has 8 heteroatoms. The first-order valence-corrected chi connectivity index (χ1v) is 10.3. The van der Waals surface area contributed by atoms with Crippen molar-refractivity contribution in [2.75, 3.05) is 51.0 Å². The van der Waals surface area contributed by atoms with E-state index in [9.17, 15) is 4.79 Å². The van der Waals surface area contributed by atoms with E-state index in [1.165, 1.54) is 5.69 Å². The number of guanidine groups is 1. The fraction of sp³-hybridized carbons (Fsp3) is 0.391. The van der Waals surface area contributed by atoms with Gasteiger partial charge in [0.05, 0.1) is 6.54 Å². The Morgan fingerprint density at radius 2 is 1.94 bits per heavy atom. The van der Waals surface area contributed by atoms with Crippen LogP contribution in [0.3, 0.4) is 0 Å². The van der Waals surface area contributed by atoms with Gasteiger partial charge in [0.25, 0.3) is 0 Å². The van der Waals surface area contributed by atoms with Crippen molar-refractivity contribution in [1.82, 2.24) is 15.5 Å². The molecule has 1 aliphatic heterocycles. The first kappa shape index (κ1) is 24.9. The maximum Gasteiger partial charge on any atom is 0.238 e. The van der Waals surface area contributed by atoms with Crippen molar-refractivity contribution in [1.29, 1.82) is 0 Å². The van der Waals surface area contributed by atoms with E-state index in [2.05, 4.69) is 50.1 Å². The molecule has 2 aromatic carbocycles. The molecule has 1 heterocycles. The SMILES string of the molecule is CN=C(NCc1cccc(NC(=O)CN(C)C)c1)NC1CCN(c2ccccc2)C1.I. The highest BCUT2D eigenvalue weighted by Crippen LogP contribution is 2.19. The molecular weight excluding hydrogens is 503 g/mol. The number of halogens is 1. The number of carbonyl (C=O) groups excluding carboxylic acids is 1. The van der Waals surface area contributed by atoms with Crippen molar-refractivity contribution < 1.29 is 4.79 Å². The quantitative estimate of drug-likeness (QED) is 0.289. The molecule has 1 aliphatic rings. The standard InChI is InChI=1S/C23H32N6O.HI/c1-24-23(27-20-12-13-29(16-20)21-10-5-4-6-11-21)25-15-18-8-7-9-19(14-18)26-22(30)17-28(2)3;/h4-11,14,20H,12-13,15-17H2,1-3H3,(H,26,30)(H2,24,25,27);1H. The molecule has 0 saturated carbocycles. The second kappa shape index (κ2) is 12.5. The summed E-state index contributed by atoms with van der Waals surface area (Å²) in [5.41, 5.74) is 3.15. The Labute approximate surface area is 202 Å². The third-order valence-electron chi connectivity index (χ3n) is 5.00. The number of nitrogens with zero attached hydrogens (tertiary/aromatic N) is 3. The molecule has 168 valence electrons. The van der Waals surface area contributed by atoms with Crippen molar-refractivity contribution in [2.24, 2.45) is 4.99 Å². The van der Waals surface area contributed by atoms with E-state index >= 15 is 0 Å². The normalized spacial score (nSPS) is 16.1. The highest BCUT2D eigenvalue weighted by molar-refractivity contribution is 14.0. The van der Waals surface area contributed by atoms with Crippen molar-refractivity contribution in [3.05, 3.63) is 60.2 Å². The lowest BCUT2D eigenvalue weighted by Gasteiger charge is -2.20. The number of aliphatic imine (C=N–C) groups is 1. The summed E-state index contributed by atoms with van der Waals surface area (Å²) in [6, 6.07) is 18.7. The smallest absolute Gasteiger partial charge is 0.238 e. The molecule has 2 aromatic rings. The number of likely N-dealkylation sites (N-methyl/N-ethyl adjacent to an activating group) is 1. The monoisotopic (exact) mass is 536 g/mol. The Kier molecular flexibility index (Phi) is 10.1. The molecule has 1 amide bonds. The zero-order valence-electron chi connectivity index (χ0n) is 18.5. The third-order valence-corrected chi connectivity index (χ3v) is 5.00. The Bertz CT molecular complexity index is 858. The number of hydrogen-bond donors (Lipinski definition) is 3. The molecule has 1 atom stereocenters. The van der Waals surface area contributed by atoms with Gasteiger partial charge in [-0.2, -0.15) is 0 Å². The van der Waals surface area contributed by atoms with E-state index in [0.717, 1.165) is 36.7 Å². The zero-order chi connectivity index (χ0) is 21.3. The first-order chi connectivity index (χ1) is 14.5. The second-order valence-electron chi connectivity index (χ2n) is 7.82. The van der Waals surface area contributed by atoms with E-state index in [1.807, 2.05) is 49.3 Å². The predicted molar refractivity (Wildman–Crippen MR) is 139 cm³/mol. The van der Waals surface area contributed by atoms with Gasteiger partial charge >= 0.3 is 0 Å². The van der Waals surface area contributed by atoms with E-state index in [0.29, 0.717) is 19.1 Å². The Balaban J connectivity index is 0.00000341. The lowest BCUT2D eigenvalue weighted by molar-refractivity contribution is -0.116. The number of para-hydroxylation sites is 1. The minimum Gasteiger partial charge on any atom is -0.369 e. The Morgan fingerprint density at radius 1 is 1.16 bits per heavy atom. The van der Waals surface area contributed by atoms with Gasteiger partial charge in [-0.1, -0.05) is 30.3 Å². The van der Waals surface area contributed by atoms with Crippen LogP contribution in [-0.4, -0.2) is 63.6 Å². The Hall–Kier alpha value is -2.33. The van der Waals surface area contributed by atoms with Gasteiger partial charge in [0, 0.05) is 44.1 Å². The minimum atomic E-state index is -0.0215. The molecule has 7 nitrogen and oxygen atoms in total. The second-order valence-corrected chi connectivity index (χ2v) is 7.82. The molecular formula is C23H33IN6O. The van der Waals surface area contributed by atoms with Crippen LogP contribution in [0.25, 0.3) is 0 Å². The van der Waals surface area contributed by atoms with Gasteiger partial charge in [-0.15, -0.1) is 24.0 Å². The number of anilines is 2. The molecule has 0 bridgehead atoms. The first-order valence-electron chi connectivity index (χ1n) is 10.3. The highest BCUT2D eigenvalue weighted by Gasteiger charge is 2.23. The average Bonchev–Trinajstić information content (AvgIpc) is 3.20. The Morgan fingerprint density at radius 3 is 2.65 bits per heavy atom. The molecule has 1 saturated heterocycles. The van der Waals surface area contributed by atoms with Crippen LogP contribution >= 0.6 is 24.0 Å². The number of rotatable bonds is 7. The molecule has 0 spiro atoms. The third kappa shape index (κ3) is 8.02. The molecule has 3 N–H and O–H groups in total. The van der Waals surface area contributed by atoms with Gasteiger partial charge in [-0.05, 0) is 50.3 Å². The summed E-state index contributed by atoms with van der Waals surface area (Å²) >= 11 is 0. The minimum absolute atomic E-state index is 0. The predicted octanol–water partition coefficient (Wildman–Crippen LogP) is 2.75. The maximum atomic E-state index is 12.0. The van der Waals surface area contributed by atoms with Gasteiger partial charge in [0.2, 0.25) is 5.91 Å². The van der Waals surface area contributed by atoms with E-state index < -0.39 is 0 Å². The molecule has 1 unspecified atom stereocenters. The fourth-order valence-electron chi connectivity index (χ4n) is 3.57. The van der Waals surface area contributed by atoms with E-state index in [1.54, 1.807) is 7.05 Å². The van der Waals surface area contributed by atoms with Gasteiger partial charge in [-0.3, -0.25) is 9.79 Å². The highest BCUT2D eigenvalue weighted by atomic mass is 127. The van der Waals surface area contributed by atoms with Crippen LogP contribution in [0.2, 0.25) is 0 Å². The lowest BCUT2D eigenvalue weighted by atomic mass is 10.2. The summed E-state index contributed by atoms with van der Waals surface area (Å²) in [6.45, 7) is 2.98. The van der Waals surface area contributed by atoms with Crippen LogP contribution in [0.15, 0.2) is 59.6 Å². The largest absolute Gasteiger partial charge is 0.369 e. The molecule has 0 aliphatic carbocycles. The van der Waals surface area contributed by atoms with Crippen LogP contribution in [0.5, 0.6) is 0 Å². The molecule has 1 fully saturated rings. The van der Waals surface area contributed by atoms with Crippen molar-refractivity contribution in [3.63, 3.8) is 0 Å². The van der Waals surface area contributed by atoms with Gasteiger partial charge in [-0.25, -0.2) is 0 Å². The molecule has 0 aromatic heterocycles. The van der Waals surface area contributed by atoms with Crippen LogP contribution in [0.1, 0.15) is 12.0 Å². The van der Waals surface area contributed by atoms with Gasteiger partial charge in [0.15, 0.2) is 5.96 Å². The summed E-state index contributed by atoms with van der Waals surface area (Å²) in [5.74, 6) is 0.767. The fourth-order valence-corrected chi connectivity index (χ4v) is 3.57. The van der Waals surface area contributed by atoms with Crippen molar-refractivity contribution >= 4 is 47.2 Å². The lowest BCUT2D eigenvalue weighted by Crippen LogP contribution is -2.44. The van der Waals surface area contributed by atoms with Gasteiger partial charge < -0.3 is 25.8 Å². The van der Waals surface area contributed by atoms with E-state index in [4.69, 9.17) is 0 Å². The van der Waals surface area contributed by atoms with Crippen LogP contribution in [0.4, 0.5) is 11.4 Å². The number of amides is 1. The van der Waals surface area contributed by atoms with Crippen molar-refractivity contribution in [2.45, 2.75) is 19.0 Å². The molecule has 0 radical (unpaired) electrons.